The number of hydrogen-bond acceptors (Lipinski definition) is 12. The molecule has 0 unspecified atom stereocenters. The number of nitrogens with two attached hydrogens (primary N) is 2. The quantitative estimate of drug-likeness (QED) is 0.0964. The molecule has 0 aliphatic rings. The molecule has 4 radical (unpaired) electrons. The van der Waals surface area contributed by atoms with Crippen LogP contribution in [0.15, 0.2) is 15.7 Å². The summed E-state index contributed by atoms with van der Waals surface area (Å²) in [7, 11) is 0. The second kappa shape index (κ2) is 20.6. The molecule has 0 aliphatic heterocycles. The van der Waals surface area contributed by atoms with E-state index in [0.717, 1.165) is 25.7 Å². The minimum absolute atomic E-state index is 0. The Hall–Kier alpha value is -2.74. The summed E-state index contributed by atoms with van der Waals surface area (Å²) < 4.78 is 10.2. The standard InChI is InChI=1S/C8H12N4O4.C8H13N3O2.B.K.HNO3/c1-2-3-4-16-8-10-6(9)5(12(14)15)7(13)11-8;1-2-3-4-13-8-10-6(9)5-7(12)11-8;;;2-1(3)4/h2-4H2,1H3,(H3,9,10,11,13);5H,2-4H2,1H3,(H3,9,10,11,12);;;(H,2,3,4)/q;;-1;+1;. The second-order valence-corrected chi connectivity index (χ2v) is 5.98. The van der Waals surface area contributed by atoms with Gasteiger partial charge in [0.05, 0.1) is 18.1 Å². The first-order valence-electron chi connectivity index (χ1n) is 9.51. The molecule has 35 heavy (non-hydrogen) atoms. The molecule has 17 nitrogen and oxygen atoms in total. The number of rotatable bonds is 9. The summed E-state index contributed by atoms with van der Waals surface area (Å²) in [6.45, 7) is 4.95. The zero-order chi connectivity index (χ0) is 25.4. The van der Waals surface area contributed by atoms with Gasteiger partial charge in [0.15, 0.2) is 0 Å². The van der Waals surface area contributed by atoms with E-state index >= 15 is 0 Å². The number of nitro groups is 1. The number of ether oxygens (including phenoxy) is 2. The van der Waals surface area contributed by atoms with Gasteiger partial charge in [0.2, 0.25) is 5.82 Å². The molecule has 0 saturated carbocycles. The van der Waals surface area contributed by atoms with E-state index in [-0.39, 0.29) is 83.2 Å². The van der Waals surface area contributed by atoms with Crippen LogP contribution in [0.2, 0.25) is 0 Å². The molecule has 19 heteroatoms. The molecule has 0 bridgehead atoms. The van der Waals surface area contributed by atoms with E-state index in [9.17, 15) is 19.7 Å². The third-order valence-electron chi connectivity index (χ3n) is 3.30. The minimum atomic E-state index is -1.50. The molecule has 0 fully saturated rings. The molecule has 2 rings (SSSR count). The minimum Gasteiger partial charge on any atom is -1.00 e. The van der Waals surface area contributed by atoms with Crippen LogP contribution in [0.3, 0.4) is 0 Å². The molecule has 2 aromatic heterocycles. The van der Waals surface area contributed by atoms with Crippen molar-refractivity contribution >= 4 is 25.7 Å². The van der Waals surface area contributed by atoms with Crippen LogP contribution in [-0.2, 0) is 0 Å². The van der Waals surface area contributed by atoms with E-state index < -0.39 is 27.1 Å². The number of nitrogen functional groups attached to an aromatic ring is 2. The molecular weight excluding hydrogens is 498 g/mol. The van der Waals surface area contributed by atoms with Gasteiger partial charge in [-0.3, -0.25) is 29.7 Å². The zero-order valence-electron chi connectivity index (χ0n) is 19.6. The van der Waals surface area contributed by atoms with Gasteiger partial charge in [-0.2, -0.15) is 9.97 Å². The maximum atomic E-state index is 11.2. The van der Waals surface area contributed by atoms with Gasteiger partial charge >= 0.3 is 62.6 Å². The first-order valence-corrected chi connectivity index (χ1v) is 9.51. The first kappa shape index (κ1) is 36.8. The van der Waals surface area contributed by atoms with Crippen LogP contribution in [0.5, 0.6) is 12.0 Å². The van der Waals surface area contributed by atoms with Crippen molar-refractivity contribution in [3.63, 3.8) is 0 Å². The Morgan fingerprint density at radius 3 is 1.83 bits per heavy atom. The molecule has 0 atom stereocenters. The Bertz CT molecular complexity index is 1020. The van der Waals surface area contributed by atoms with Crippen molar-refractivity contribution in [2.24, 2.45) is 0 Å². The molecule has 0 saturated heterocycles. The van der Waals surface area contributed by atoms with E-state index in [1.165, 1.54) is 6.07 Å². The third kappa shape index (κ3) is 17.4. The number of aromatic amines is 2. The van der Waals surface area contributed by atoms with Gasteiger partial charge in [-0.05, 0) is 12.8 Å². The summed E-state index contributed by atoms with van der Waals surface area (Å²) in [6, 6.07) is 1.31. The van der Waals surface area contributed by atoms with Crippen LogP contribution in [0.4, 0.5) is 17.3 Å². The molecule has 0 aromatic carbocycles. The average Bonchev–Trinajstić information content (AvgIpc) is 2.67. The summed E-state index contributed by atoms with van der Waals surface area (Å²) in [6.07, 6.45) is 3.68. The van der Waals surface area contributed by atoms with Gasteiger partial charge in [0, 0.05) is 6.07 Å². The van der Waals surface area contributed by atoms with Crippen LogP contribution in [-0.4, -0.2) is 56.8 Å². The Balaban J connectivity index is -0.000000490. The summed E-state index contributed by atoms with van der Waals surface area (Å²) in [5, 5.41) is 24.1. The van der Waals surface area contributed by atoms with E-state index in [2.05, 4.69) is 26.9 Å². The molecule has 7 N–H and O–H groups in total. The maximum absolute atomic E-state index is 11.2. The van der Waals surface area contributed by atoms with Crippen molar-refractivity contribution in [1.29, 1.82) is 0 Å². The van der Waals surface area contributed by atoms with Crippen LogP contribution in [0.25, 0.3) is 0 Å². The average molecular weight is 524 g/mol. The number of unbranched alkanes of at least 4 members (excludes halogenated alkanes) is 2. The normalized spacial score (nSPS) is 8.97. The molecule has 188 valence electrons. The van der Waals surface area contributed by atoms with Crippen LogP contribution in [0.1, 0.15) is 39.5 Å². The van der Waals surface area contributed by atoms with Crippen LogP contribution < -0.4 is 83.4 Å². The van der Waals surface area contributed by atoms with Gasteiger partial charge in [-0.15, -0.1) is 10.1 Å². The first-order chi connectivity index (χ1) is 15.5. The zero-order valence-corrected chi connectivity index (χ0v) is 22.7. The fraction of sp³-hybridized carbons (Fsp3) is 0.500. The van der Waals surface area contributed by atoms with Crippen molar-refractivity contribution < 1.29 is 76.1 Å². The number of aromatic nitrogens is 4. The van der Waals surface area contributed by atoms with Crippen molar-refractivity contribution in [3.05, 3.63) is 47.0 Å². The summed E-state index contributed by atoms with van der Waals surface area (Å²) in [4.78, 5) is 52.0. The van der Waals surface area contributed by atoms with Crippen LogP contribution in [0, 0.1) is 20.2 Å². The monoisotopic (exact) mass is 524 g/mol. The number of H-pyrrole nitrogens is 2. The van der Waals surface area contributed by atoms with E-state index in [0.29, 0.717) is 13.2 Å². The number of nitrogens with zero attached hydrogens (tertiary/aromatic N) is 4. The molecular formula is C16H26BKN8O9. The van der Waals surface area contributed by atoms with Gasteiger partial charge in [0.1, 0.15) is 5.82 Å². The van der Waals surface area contributed by atoms with E-state index in [1.54, 1.807) is 0 Å². The largest absolute Gasteiger partial charge is 1.00 e. The molecule has 2 heterocycles. The number of anilines is 2. The molecule has 0 spiro atoms. The van der Waals surface area contributed by atoms with Crippen molar-refractivity contribution in [2.45, 2.75) is 39.5 Å². The summed E-state index contributed by atoms with van der Waals surface area (Å²) in [5.41, 5.74) is 8.66. The Kier molecular flexibility index (Phi) is 21.7. The Morgan fingerprint density at radius 1 is 1.00 bits per heavy atom. The van der Waals surface area contributed by atoms with Crippen molar-refractivity contribution in [1.82, 2.24) is 19.9 Å². The number of hydrogen-bond donors (Lipinski definition) is 5. The Labute approximate surface area is 243 Å². The molecule has 0 amide bonds. The smallest absolute Gasteiger partial charge is 1.00 e. The molecule has 0 aliphatic carbocycles. The number of nitrogens with one attached hydrogen (secondary N) is 2. The van der Waals surface area contributed by atoms with Crippen molar-refractivity contribution in [2.75, 3.05) is 24.7 Å². The van der Waals surface area contributed by atoms with Gasteiger partial charge in [-0.1, -0.05) is 26.7 Å². The summed E-state index contributed by atoms with van der Waals surface area (Å²) >= 11 is 0. The van der Waals surface area contributed by atoms with Crippen molar-refractivity contribution in [3.8, 4) is 12.0 Å². The topological polar surface area (TPSA) is 269 Å². The predicted molar refractivity (Wildman–Crippen MR) is 121 cm³/mol. The Morgan fingerprint density at radius 2 is 1.46 bits per heavy atom. The third-order valence-corrected chi connectivity index (χ3v) is 3.30. The van der Waals surface area contributed by atoms with E-state index in [1.807, 2.05) is 6.92 Å². The predicted octanol–water partition coefficient (Wildman–Crippen LogP) is -2.75. The van der Waals surface area contributed by atoms with E-state index in [4.69, 9.17) is 36.3 Å². The van der Waals surface area contributed by atoms with Gasteiger partial charge < -0.3 is 34.6 Å². The second-order valence-electron chi connectivity index (χ2n) is 5.98. The SMILES string of the molecule is CCCCOc1nc(N)c([N+](=O)[O-])c(=O)[nH]1.CCCCOc1nc(N)cc(=O)[nH]1.O=[N+]([O-])O.[B-].[K+]. The van der Waals surface area contributed by atoms with Gasteiger partial charge in [-0.25, -0.2) is 0 Å². The maximum Gasteiger partial charge on any atom is 1.00 e. The van der Waals surface area contributed by atoms with Gasteiger partial charge in [0.25, 0.3) is 22.7 Å². The fourth-order valence-electron chi connectivity index (χ4n) is 1.86. The summed E-state index contributed by atoms with van der Waals surface area (Å²) in [5.74, 6) is -0.268. The fourth-order valence-corrected chi connectivity index (χ4v) is 1.86. The molecule has 2 aromatic rings. The van der Waals surface area contributed by atoms with Crippen LogP contribution >= 0.6 is 0 Å².